The van der Waals surface area contributed by atoms with Crippen molar-refractivity contribution in [2.75, 3.05) is 6.54 Å². The second-order valence-corrected chi connectivity index (χ2v) is 5.82. The van der Waals surface area contributed by atoms with Crippen molar-refractivity contribution in [3.63, 3.8) is 0 Å². The number of nitrogens with one attached hydrogen (secondary N) is 1. The van der Waals surface area contributed by atoms with E-state index in [1.165, 1.54) is 6.42 Å². The Kier molecular flexibility index (Phi) is 6.25. The molecule has 0 aromatic carbocycles. The maximum Gasteiger partial charge on any atom is 0.167 e. The predicted molar refractivity (Wildman–Crippen MR) is 73.1 cm³/mol. The molecule has 0 radical (unpaired) electrons. The van der Waals surface area contributed by atoms with E-state index in [9.17, 15) is 0 Å². The minimum Gasteiger partial charge on any atom is -0.307 e. The summed E-state index contributed by atoms with van der Waals surface area (Å²) < 4.78 is 1.93. The Morgan fingerprint density at radius 2 is 1.83 bits per heavy atom. The highest BCUT2D eigenvalue weighted by molar-refractivity contribution is 4.89. The molecule has 1 aromatic heterocycles. The van der Waals surface area contributed by atoms with E-state index in [1.54, 1.807) is 0 Å². The summed E-state index contributed by atoms with van der Waals surface area (Å²) in [7, 11) is 0. The van der Waals surface area contributed by atoms with Crippen LogP contribution in [0.15, 0.2) is 0 Å². The van der Waals surface area contributed by atoms with Gasteiger partial charge in [-0.15, -0.1) is 5.10 Å². The van der Waals surface area contributed by atoms with E-state index >= 15 is 0 Å². The SMILES string of the molecule is CC(C)CCCn1nnnc1C(C)NCC(C)C. The van der Waals surface area contributed by atoms with Gasteiger partial charge in [-0.3, -0.25) is 0 Å². The molecule has 0 amide bonds. The van der Waals surface area contributed by atoms with Gasteiger partial charge < -0.3 is 5.32 Å². The van der Waals surface area contributed by atoms with Gasteiger partial charge in [-0.1, -0.05) is 27.7 Å². The average molecular weight is 253 g/mol. The van der Waals surface area contributed by atoms with Crippen molar-refractivity contribution >= 4 is 0 Å². The summed E-state index contributed by atoms with van der Waals surface area (Å²) >= 11 is 0. The van der Waals surface area contributed by atoms with Crippen molar-refractivity contribution in [3.8, 4) is 0 Å². The lowest BCUT2D eigenvalue weighted by Gasteiger charge is -2.15. The number of aryl methyl sites for hydroxylation is 1. The zero-order valence-electron chi connectivity index (χ0n) is 12.3. The monoisotopic (exact) mass is 253 g/mol. The maximum atomic E-state index is 4.13. The van der Waals surface area contributed by atoms with Gasteiger partial charge in [-0.05, 0) is 48.6 Å². The fourth-order valence-corrected chi connectivity index (χ4v) is 1.83. The molecule has 5 nitrogen and oxygen atoms in total. The van der Waals surface area contributed by atoms with Crippen LogP contribution in [0.3, 0.4) is 0 Å². The molecular formula is C13H27N5. The van der Waals surface area contributed by atoms with Gasteiger partial charge in [0.15, 0.2) is 5.82 Å². The lowest BCUT2D eigenvalue weighted by Crippen LogP contribution is -2.26. The van der Waals surface area contributed by atoms with Gasteiger partial charge in [0.05, 0.1) is 6.04 Å². The molecule has 1 atom stereocenters. The van der Waals surface area contributed by atoms with Gasteiger partial charge in [0.25, 0.3) is 0 Å². The topological polar surface area (TPSA) is 55.6 Å². The summed E-state index contributed by atoms with van der Waals surface area (Å²) in [5.74, 6) is 2.32. The molecule has 1 unspecified atom stereocenters. The first-order valence-electron chi connectivity index (χ1n) is 7.00. The van der Waals surface area contributed by atoms with Crippen LogP contribution >= 0.6 is 0 Å². The molecule has 1 rings (SSSR count). The molecule has 0 spiro atoms. The van der Waals surface area contributed by atoms with Crippen molar-refractivity contribution in [1.29, 1.82) is 0 Å². The molecule has 0 aliphatic rings. The van der Waals surface area contributed by atoms with Crippen LogP contribution in [-0.4, -0.2) is 26.8 Å². The van der Waals surface area contributed by atoms with Gasteiger partial charge in [0.2, 0.25) is 0 Å². The minimum absolute atomic E-state index is 0.210. The zero-order valence-corrected chi connectivity index (χ0v) is 12.3. The number of tetrazole rings is 1. The summed E-state index contributed by atoms with van der Waals surface area (Å²) in [5, 5.41) is 15.5. The molecule has 0 saturated heterocycles. The molecule has 0 fully saturated rings. The second-order valence-electron chi connectivity index (χ2n) is 5.82. The smallest absolute Gasteiger partial charge is 0.167 e. The van der Waals surface area contributed by atoms with E-state index < -0.39 is 0 Å². The van der Waals surface area contributed by atoms with E-state index in [0.717, 1.165) is 31.3 Å². The quantitative estimate of drug-likeness (QED) is 0.773. The van der Waals surface area contributed by atoms with Crippen LogP contribution in [0.1, 0.15) is 59.3 Å². The van der Waals surface area contributed by atoms with E-state index in [2.05, 4.69) is 55.5 Å². The molecule has 1 N–H and O–H groups in total. The standard InChI is InChI=1S/C13H27N5/c1-10(2)7-6-8-18-13(15-16-17-18)12(5)14-9-11(3)4/h10-12,14H,6-9H2,1-5H3. The first kappa shape index (κ1) is 15.1. The highest BCUT2D eigenvalue weighted by Crippen LogP contribution is 2.10. The Morgan fingerprint density at radius 1 is 1.11 bits per heavy atom. The summed E-state index contributed by atoms with van der Waals surface area (Å²) in [4.78, 5) is 0. The third kappa shape index (κ3) is 5.12. The van der Waals surface area contributed by atoms with E-state index in [0.29, 0.717) is 5.92 Å². The predicted octanol–water partition coefficient (Wildman–Crippen LogP) is 2.42. The largest absolute Gasteiger partial charge is 0.307 e. The molecule has 1 heterocycles. The molecule has 0 aliphatic heterocycles. The van der Waals surface area contributed by atoms with Crippen molar-refractivity contribution in [3.05, 3.63) is 5.82 Å². The second kappa shape index (κ2) is 7.46. The number of hydrogen-bond acceptors (Lipinski definition) is 4. The fourth-order valence-electron chi connectivity index (χ4n) is 1.83. The lowest BCUT2D eigenvalue weighted by molar-refractivity contribution is 0.432. The number of aromatic nitrogens is 4. The van der Waals surface area contributed by atoms with E-state index in [4.69, 9.17) is 0 Å². The van der Waals surface area contributed by atoms with Crippen LogP contribution in [0.4, 0.5) is 0 Å². The van der Waals surface area contributed by atoms with Gasteiger partial charge in [-0.2, -0.15) is 0 Å². The Balaban J connectivity index is 2.47. The normalized spacial score (nSPS) is 13.5. The Labute approximate surface area is 110 Å². The van der Waals surface area contributed by atoms with Crippen LogP contribution in [-0.2, 0) is 6.54 Å². The molecule has 0 saturated carbocycles. The van der Waals surface area contributed by atoms with Crippen molar-refractivity contribution < 1.29 is 0 Å². The minimum atomic E-state index is 0.210. The van der Waals surface area contributed by atoms with Crippen molar-refractivity contribution in [2.45, 2.75) is 60.0 Å². The van der Waals surface area contributed by atoms with Crippen LogP contribution in [0, 0.1) is 11.8 Å². The van der Waals surface area contributed by atoms with E-state index in [1.807, 2.05) is 4.68 Å². The summed E-state index contributed by atoms with van der Waals surface area (Å²) in [6.45, 7) is 12.9. The number of nitrogens with zero attached hydrogens (tertiary/aromatic N) is 4. The average Bonchev–Trinajstić information content (AvgIpc) is 2.73. The summed E-state index contributed by atoms with van der Waals surface area (Å²) in [5.41, 5.74) is 0. The molecule has 104 valence electrons. The van der Waals surface area contributed by atoms with Crippen LogP contribution < -0.4 is 5.32 Å². The fraction of sp³-hybridized carbons (Fsp3) is 0.923. The zero-order chi connectivity index (χ0) is 13.5. The lowest BCUT2D eigenvalue weighted by atomic mass is 10.1. The highest BCUT2D eigenvalue weighted by atomic mass is 15.5. The molecular weight excluding hydrogens is 226 g/mol. The van der Waals surface area contributed by atoms with E-state index in [-0.39, 0.29) is 6.04 Å². The van der Waals surface area contributed by atoms with Crippen molar-refractivity contribution in [2.24, 2.45) is 11.8 Å². The molecule has 0 bridgehead atoms. The summed E-state index contributed by atoms with van der Waals surface area (Å²) in [6.07, 6.45) is 2.35. The Morgan fingerprint density at radius 3 is 2.44 bits per heavy atom. The Bertz CT molecular complexity index is 332. The Hall–Kier alpha value is -0.970. The third-order valence-electron chi connectivity index (χ3n) is 2.93. The molecule has 0 aliphatic carbocycles. The number of rotatable bonds is 8. The summed E-state index contributed by atoms with van der Waals surface area (Å²) in [6, 6.07) is 0.210. The molecule has 18 heavy (non-hydrogen) atoms. The van der Waals surface area contributed by atoms with Crippen LogP contribution in [0.2, 0.25) is 0 Å². The van der Waals surface area contributed by atoms with Crippen LogP contribution in [0.25, 0.3) is 0 Å². The first-order chi connectivity index (χ1) is 8.50. The molecule has 5 heteroatoms. The first-order valence-corrected chi connectivity index (χ1v) is 7.00. The number of hydrogen-bond donors (Lipinski definition) is 1. The van der Waals surface area contributed by atoms with Gasteiger partial charge in [0.1, 0.15) is 0 Å². The third-order valence-corrected chi connectivity index (χ3v) is 2.93. The van der Waals surface area contributed by atoms with Crippen LogP contribution in [0.5, 0.6) is 0 Å². The maximum absolute atomic E-state index is 4.13. The van der Waals surface area contributed by atoms with Gasteiger partial charge in [0, 0.05) is 6.54 Å². The molecule has 1 aromatic rings. The van der Waals surface area contributed by atoms with Crippen molar-refractivity contribution in [1.82, 2.24) is 25.5 Å². The van der Waals surface area contributed by atoms with Gasteiger partial charge >= 0.3 is 0 Å². The highest BCUT2D eigenvalue weighted by Gasteiger charge is 2.14. The van der Waals surface area contributed by atoms with Gasteiger partial charge in [-0.25, -0.2) is 4.68 Å².